The van der Waals surface area contributed by atoms with Gasteiger partial charge in [0.2, 0.25) is 0 Å². The Balaban J connectivity index is 2.17. The summed E-state index contributed by atoms with van der Waals surface area (Å²) in [7, 11) is 1.33. The van der Waals surface area contributed by atoms with E-state index < -0.39 is 12.0 Å². The number of nitrogens with two attached hydrogens (primary N) is 1. The maximum atomic E-state index is 11.2. The Morgan fingerprint density at radius 3 is 3.25 bits per heavy atom. The Morgan fingerprint density at radius 2 is 2.50 bits per heavy atom. The van der Waals surface area contributed by atoms with Gasteiger partial charge in [0.05, 0.1) is 7.11 Å². The van der Waals surface area contributed by atoms with Crippen molar-refractivity contribution in [3.8, 4) is 0 Å². The van der Waals surface area contributed by atoms with E-state index in [4.69, 9.17) is 5.73 Å². The molecule has 0 spiro atoms. The van der Waals surface area contributed by atoms with E-state index in [0.29, 0.717) is 6.42 Å². The highest BCUT2D eigenvalue weighted by Crippen LogP contribution is 2.12. The number of carbonyl (C=O) groups excluding carboxylic acids is 1. The molecular formula is C11H13N3O2. The van der Waals surface area contributed by atoms with Crippen molar-refractivity contribution in [3.05, 3.63) is 30.1 Å². The summed E-state index contributed by atoms with van der Waals surface area (Å²) in [5, 5.41) is 1.01. The summed E-state index contributed by atoms with van der Waals surface area (Å²) in [6.45, 7) is 0. The van der Waals surface area contributed by atoms with Gasteiger partial charge in [-0.25, -0.2) is 4.98 Å². The average Bonchev–Trinajstić information content (AvgIpc) is 2.75. The number of esters is 1. The maximum Gasteiger partial charge on any atom is 0.322 e. The molecule has 3 N–H and O–H groups in total. The topological polar surface area (TPSA) is 81.0 Å². The minimum Gasteiger partial charge on any atom is -0.468 e. The first-order valence-electron chi connectivity index (χ1n) is 4.96. The fourth-order valence-corrected chi connectivity index (χ4v) is 1.59. The Kier molecular flexibility index (Phi) is 2.87. The molecule has 5 heteroatoms. The standard InChI is InChI=1S/C11H13N3O2/c1-16-11(15)9(12)5-7-4-8-2-3-13-10(8)14-6-7/h2-4,6,9H,5,12H2,1H3,(H,13,14)/t9-/m1/s1. The molecule has 0 fully saturated rings. The summed E-state index contributed by atoms with van der Waals surface area (Å²) in [5.41, 5.74) is 7.42. The molecule has 84 valence electrons. The van der Waals surface area contributed by atoms with Gasteiger partial charge in [-0.15, -0.1) is 0 Å². The summed E-state index contributed by atoms with van der Waals surface area (Å²) in [6.07, 6.45) is 3.96. The van der Waals surface area contributed by atoms with Crippen LogP contribution in [0.25, 0.3) is 11.0 Å². The second-order valence-corrected chi connectivity index (χ2v) is 3.59. The normalized spacial score (nSPS) is 12.6. The zero-order valence-electron chi connectivity index (χ0n) is 8.93. The van der Waals surface area contributed by atoms with E-state index in [-0.39, 0.29) is 0 Å². The summed E-state index contributed by atoms with van der Waals surface area (Å²) in [6, 6.07) is 3.25. The first-order valence-corrected chi connectivity index (χ1v) is 4.96. The second-order valence-electron chi connectivity index (χ2n) is 3.59. The van der Waals surface area contributed by atoms with E-state index in [1.165, 1.54) is 7.11 Å². The van der Waals surface area contributed by atoms with E-state index in [2.05, 4.69) is 14.7 Å². The average molecular weight is 219 g/mol. The fourth-order valence-electron chi connectivity index (χ4n) is 1.59. The SMILES string of the molecule is COC(=O)[C@H](N)Cc1cnc2[nH]ccc2c1. The number of methoxy groups -OCH3 is 1. The Hall–Kier alpha value is -1.88. The van der Waals surface area contributed by atoms with Gasteiger partial charge in [-0.2, -0.15) is 0 Å². The molecule has 0 amide bonds. The zero-order chi connectivity index (χ0) is 11.5. The van der Waals surface area contributed by atoms with Crippen molar-refractivity contribution in [2.45, 2.75) is 12.5 Å². The quantitative estimate of drug-likeness (QED) is 0.741. The van der Waals surface area contributed by atoms with Crippen LogP contribution in [0.3, 0.4) is 0 Å². The molecular weight excluding hydrogens is 206 g/mol. The molecule has 16 heavy (non-hydrogen) atoms. The van der Waals surface area contributed by atoms with Gasteiger partial charge in [0, 0.05) is 17.8 Å². The molecule has 0 bridgehead atoms. The third-order valence-corrected chi connectivity index (χ3v) is 2.42. The Bertz CT molecular complexity index is 507. The van der Waals surface area contributed by atoms with Crippen molar-refractivity contribution < 1.29 is 9.53 Å². The van der Waals surface area contributed by atoms with Gasteiger partial charge < -0.3 is 15.5 Å². The molecule has 0 saturated heterocycles. The van der Waals surface area contributed by atoms with Crippen LogP contribution in [-0.2, 0) is 16.0 Å². The highest BCUT2D eigenvalue weighted by Gasteiger charge is 2.14. The first kappa shape index (κ1) is 10.6. The Morgan fingerprint density at radius 1 is 1.69 bits per heavy atom. The zero-order valence-corrected chi connectivity index (χ0v) is 8.93. The first-order chi connectivity index (χ1) is 7.70. The lowest BCUT2D eigenvalue weighted by atomic mass is 10.1. The molecule has 5 nitrogen and oxygen atoms in total. The van der Waals surface area contributed by atoms with Gasteiger partial charge in [-0.05, 0) is 24.1 Å². The molecule has 2 aromatic rings. The number of rotatable bonds is 3. The largest absolute Gasteiger partial charge is 0.468 e. The summed E-state index contributed by atoms with van der Waals surface area (Å²) in [4.78, 5) is 18.4. The highest BCUT2D eigenvalue weighted by atomic mass is 16.5. The minimum absolute atomic E-state index is 0.408. The van der Waals surface area contributed by atoms with Crippen LogP contribution in [0.5, 0.6) is 0 Å². The molecule has 0 aliphatic heterocycles. The maximum absolute atomic E-state index is 11.2. The number of carbonyl (C=O) groups is 1. The number of ether oxygens (including phenoxy) is 1. The van der Waals surface area contributed by atoms with E-state index in [0.717, 1.165) is 16.6 Å². The molecule has 2 rings (SSSR count). The number of hydrogen-bond acceptors (Lipinski definition) is 4. The lowest BCUT2D eigenvalue weighted by Gasteiger charge is -2.08. The molecule has 0 aliphatic rings. The lowest BCUT2D eigenvalue weighted by Crippen LogP contribution is -2.33. The lowest BCUT2D eigenvalue weighted by molar-refractivity contribution is -0.142. The van der Waals surface area contributed by atoms with Crippen LogP contribution in [0.2, 0.25) is 0 Å². The number of pyridine rings is 1. The van der Waals surface area contributed by atoms with Crippen LogP contribution >= 0.6 is 0 Å². The van der Waals surface area contributed by atoms with Gasteiger partial charge in [0.1, 0.15) is 11.7 Å². The number of H-pyrrole nitrogens is 1. The number of hydrogen-bond donors (Lipinski definition) is 2. The number of nitrogens with one attached hydrogen (secondary N) is 1. The molecule has 0 saturated carbocycles. The predicted octanol–water partition coefficient (Wildman–Crippen LogP) is 0.606. The number of aromatic nitrogens is 2. The van der Waals surface area contributed by atoms with Crippen LogP contribution in [0.1, 0.15) is 5.56 Å². The van der Waals surface area contributed by atoms with Gasteiger partial charge >= 0.3 is 5.97 Å². The number of nitrogens with zero attached hydrogens (tertiary/aromatic N) is 1. The van der Waals surface area contributed by atoms with Crippen molar-refractivity contribution in [1.29, 1.82) is 0 Å². The third-order valence-electron chi connectivity index (χ3n) is 2.42. The third kappa shape index (κ3) is 2.04. The molecule has 0 aliphatic carbocycles. The summed E-state index contributed by atoms with van der Waals surface area (Å²) in [5.74, 6) is -0.408. The van der Waals surface area contributed by atoms with Gasteiger partial charge in [-0.1, -0.05) is 0 Å². The minimum atomic E-state index is -0.636. The molecule has 0 aromatic carbocycles. The van der Waals surface area contributed by atoms with Crippen LogP contribution in [0, 0.1) is 0 Å². The monoisotopic (exact) mass is 219 g/mol. The van der Waals surface area contributed by atoms with E-state index in [9.17, 15) is 4.79 Å². The van der Waals surface area contributed by atoms with Crippen molar-refractivity contribution in [1.82, 2.24) is 9.97 Å². The molecule has 2 aromatic heterocycles. The molecule has 0 radical (unpaired) electrons. The fraction of sp³-hybridized carbons (Fsp3) is 0.273. The number of aromatic amines is 1. The van der Waals surface area contributed by atoms with E-state index >= 15 is 0 Å². The van der Waals surface area contributed by atoms with Crippen molar-refractivity contribution >= 4 is 17.0 Å². The van der Waals surface area contributed by atoms with Crippen LogP contribution < -0.4 is 5.73 Å². The summed E-state index contributed by atoms with van der Waals surface area (Å²) < 4.78 is 4.57. The molecule has 1 atom stereocenters. The summed E-state index contributed by atoms with van der Waals surface area (Å²) >= 11 is 0. The van der Waals surface area contributed by atoms with E-state index in [1.807, 2.05) is 18.3 Å². The highest BCUT2D eigenvalue weighted by molar-refractivity contribution is 5.77. The Labute approximate surface area is 92.6 Å². The molecule has 2 heterocycles. The van der Waals surface area contributed by atoms with Crippen molar-refractivity contribution in [3.63, 3.8) is 0 Å². The second kappa shape index (κ2) is 4.32. The van der Waals surface area contributed by atoms with Crippen LogP contribution in [0.15, 0.2) is 24.5 Å². The predicted molar refractivity (Wildman–Crippen MR) is 59.8 cm³/mol. The van der Waals surface area contributed by atoms with Crippen molar-refractivity contribution in [2.24, 2.45) is 5.73 Å². The van der Waals surface area contributed by atoms with Gasteiger partial charge in [0.25, 0.3) is 0 Å². The van der Waals surface area contributed by atoms with Crippen LogP contribution in [0.4, 0.5) is 0 Å². The van der Waals surface area contributed by atoms with Crippen LogP contribution in [-0.4, -0.2) is 29.1 Å². The van der Waals surface area contributed by atoms with Crippen molar-refractivity contribution in [2.75, 3.05) is 7.11 Å². The van der Waals surface area contributed by atoms with E-state index in [1.54, 1.807) is 6.20 Å². The molecule has 0 unspecified atom stereocenters. The van der Waals surface area contributed by atoms with Gasteiger partial charge in [0.15, 0.2) is 0 Å². The smallest absolute Gasteiger partial charge is 0.322 e. The number of fused-ring (bicyclic) bond motifs is 1. The van der Waals surface area contributed by atoms with Gasteiger partial charge in [-0.3, -0.25) is 4.79 Å².